The molecule has 1 aromatic heterocycles. The van der Waals surface area contributed by atoms with E-state index in [9.17, 15) is 4.79 Å². The monoisotopic (exact) mass is 254 g/mol. The lowest BCUT2D eigenvalue weighted by atomic mass is 10.1. The Kier molecular flexibility index (Phi) is 2.75. The molecule has 0 aliphatic carbocycles. The highest BCUT2D eigenvalue weighted by Crippen LogP contribution is 2.23. The van der Waals surface area contributed by atoms with Gasteiger partial charge in [-0.1, -0.05) is 12.1 Å². The van der Waals surface area contributed by atoms with Crippen molar-refractivity contribution >= 4 is 21.9 Å². The molecule has 1 heterocycles. The summed E-state index contributed by atoms with van der Waals surface area (Å²) in [6.07, 6.45) is 0.0876. The summed E-state index contributed by atoms with van der Waals surface area (Å²) in [5.74, 6) is 0.709. The van der Waals surface area contributed by atoms with Crippen molar-refractivity contribution in [3.05, 3.63) is 52.7 Å². The smallest absolute Gasteiger partial charge is 0.200 e. The fourth-order valence-corrected chi connectivity index (χ4v) is 2.13. The van der Waals surface area contributed by atoms with E-state index in [0.29, 0.717) is 27.7 Å². The van der Waals surface area contributed by atoms with E-state index < -0.39 is 0 Å². The molecule has 0 unspecified atom stereocenters. The summed E-state index contributed by atoms with van der Waals surface area (Å²) in [7, 11) is 0. The first kappa shape index (κ1) is 11.8. The van der Waals surface area contributed by atoms with Crippen molar-refractivity contribution in [2.45, 2.75) is 20.0 Å². The van der Waals surface area contributed by atoms with E-state index in [4.69, 9.17) is 9.15 Å². The van der Waals surface area contributed by atoms with Gasteiger partial charge in [0.05, 0.1) is 16.9 Å². The molecule has 0 amide bonds. The molecular formula is C16H14O3. The van der Waals surface area contributed by atoms with Crippen LogP contribution >= 0.6 is 0 Å². The Balaban J connectivity index is 2.29. The molecule has 0 aliphatic rings. The maximum atomic E-state index is 12.3. The van der Waals surface area contributed by atoms with E-state index in [-0.39, 0.29) is 11.5 Å². The Morgan fingerprint density at radius 3 is 2.53 bits per heavy atom. The molecule has 2 aromatic carbocycles. The topological polar surface area (TPSA) is 39.4 Å². The number of ether oxygens (including phenoxy) is 1. The quantitative estimate of drug-likeness (QED) is 0.654. The van der Waals surface area contributed by atoms with Gasteiger partial charge in [-0.05, 0) is 38.1 Å². The van der Waals surface area contributed by atoms with E-state index >= 15 is 0 Å². The van der Waals surface area contributed by atoms with Crippen LogP contribution in [0.15, 0.2) is 51.7 Å². The number of hydrogen-bond acceptors (Lipinski definition) is 3. The van der Waals surface area contributed by atoms with Gasteiger partial charge < -0.3 is 9.15 Å². The van der Waals surface area contributed by atoms with Crippen molar-refractivity contribution in [1.82, 2.24) is 0 Å². The normalized spacial score (nSPS) is 11.3. The Hall–Kier alpha value is -2.29. The van der Waals surface area contributed by atoms with E-state index in [1.807, 2.05) is 26.0 Å². The molecule has 0 saturated carbocycles. The van der Waals surface area contributed by atoms with Crippen LogP contribution in [0.25, 0.3) is 21.9 Å². The number of benzene rings is 2. The van der Waals surface area contributed by atoms with Crippen LogP contribution in [-0.2, 0) is 0 Å². The summed E-state index contributed by atoms with van der Waals surface area (Å²) in [4.78, 5) is 12.3. The zero-order chi connectivity index (χ0) is 13.4. The van der Waals surface area contributed by atoms with Gasteiger partial charge in [0.2, 0.25) is 5.43 Å². The van der Waals surface area contributed by atoms with Gasteiger partial charge >= 0.3 is 0 Å². The molecule has 0 N–H and O–H groups in total. The maximum absolute atomic E-state index is 12.3. The van der Waals surface area contributed by atoms with E-state index in [2.05, 4.69) is 0 Å². The SMILES string of the molecule is CC(C)Oc1ccc2c(=O)c3ccccc3oc2c1. The van der Waals surface area contributed by atoms with Crippen molar-refractivity contribution in [3.8, 4) is 5.75 Å². The van der Waals surface area contributed by atoms with Crippen molar-refractivity contribution in [1.29, 1.82) is 0 Å². The lowest BCUT2D eigenvalue weighted by molar-refractivity contribution is 0.242. The highest BCUT2D eigenvalue weighted by atomic mass is 16.5. The largest absolute Gasteiger partial charge is 0.491 e. The van der Waals surface area contributed by atoms with Crippen molar-refractivity contribution < 1.29 is 9.15 Å². The number of para-hydroxylation sites is 1. The van der Waals surface area contributed by atoms with E-state index in [1.54, 1.807) is 30.3 Å². The van der Waals surface area contributed by atoms with Crippen LogP contribution in [0.1, 0.15) is 13.8 Å². The standard InChI is InChI=1S/C16H14O3/c1-10(2)18-11-7-8-13-15(9-11)19-14-6-4-3-5-12(14)16(13)17/h3-10H,1-2H3. The molecule has 0 aliphatic heterocycles. The molecule has 0 bridgehead atoms. The first-order valence-electron chi connectivity index (χ1n) is 6.27. The second kappa shape index (κ2) is 4.43. The van der Waals surface area contributed by atoms with Crippen molar-refractivity contribution in [2.24, 2.45) is 0 Å². The molecule has 96 valence electrons. The summed E-state index contributed by atoms with van der Waals surface area (Å²) in [5.41, 5.74) is 1.15. The highest BCUT2D eigenvalue weighted by molar-refractivity contribution is 5.90. The predicted molar refractivity (Wildman–Crippen MR) is 75.8 cm³/mol. The minimum Gasteiger partial charge on any atom is -0.491 e. The Morgan fingerprint density at radius 1 is 1.00 bits per heavy atom. The van der Waals surface area contributed by atoms with Crippen LogP contribution in [0.3, 0.4) is 0 Å². The molecule has 0 spiro atoms. The van der Waals surface area contributed by atoms with Gasteiger partial charge in [0, 0.05) is 6.07 Å². The molecule has 0 fully saturated rings. The minimum absolute atomic E-state index is 0.00653. The lowest BCUT2D eigenvalue weighted by Gasteiger charge is -2.10. The Labute approximate surface area is 110 Å². The van der Waals surface area contributed by atoms with E-state index in [0.717, 1.165) is 0 Å². The minimum atomic E-state index is -0.00653. The third-order valence-electron chi connectivity index (χ3n) is 2.92. The summed E-state index contributed by atoms with van der Waals surface area (Å²) < 4.78 is 11.4. The van der Waals surface area contributed by atoms with Gasteiger partial charge in [0.1, 0.15) is 16.9 Å². The van der Waals surface area contributed by atoms with Crippen LogP contribution in [0.5, 0.6) is 5.75 Å². The van der Waals surface area contributed by atoms with Gasteiger partial charge in [-0.15, -0.1) is 0 Å². The van der Waals surface area contributed by atoms with Gasteiger partial charge in [-0.25, -0.2) is 0 Å². The Morgan fingerprint density at radius 2 is 1.74 bits per heavy atom. The van der Waals surface area contributed by atoms with Crippen molar-refractivity contribution in [2.75, 3.05) is 0 Å². The predicted octanol–water partition coefficient (Wildman–Crippen LogP) is 3.73. The summed E-state index contributed by atoms with van der Waals surface area (Å²) >= 11 is 0. The van der Waals surface area contributed by atoms with Crippen molar-refractivity contribution in [3.63, 3.8) is 0 Å². The average Bonchev–Trinajstić information content (AvgIpc) is 2.38. The van der Waals surface area contributed by atoms with Gasteiger partial charge in [-0.2, -0.15) is 0 Å². The zero-order valence-electron chi connectivity index (χ0n) is 10.8. The van der Waals surface area contributed by atoms with E-state index in [1.165, 1.54) is 0 Å². The second-order valence-corrected chi connectivity index (χ2v) is 4.75. The fraction of sp³-hybridized carbons (Fsp3) is 0.188. The van der Waals surface area contributed by atoms with Crippen LogP contribution in [0.4, 0.5) is 0 Å². The highest BCUT2D eigenvalue weighted by Gasteiger charge is 2.08. The number of fused-ring (bicyclic) bond motifs is 2. The van der Waals surface area contributed by atoms with Crippen LogP contribution in [-0.4, -0.2) is 6.10 Å². The van der Waals surface area contributed by atoms with Gasteiger partial charge in [-0.3, -0.25) is 4.79 Å². The lowest BCUT2D eigenvalue weighted by Crippen LogP contribution is -2.06. The molecule has 3 aromatic rings. The molecule has 0 radical (unpaired) electrons. The summed E-state index contributed by atoms with van der Waals surface area (Å²) in [6.45, 7) is 3.92. The Bertz CT molecular complexity index is 800. The molecule has 3 nitrogen and oxygen atoms in total. The maximum Gasteiger partial charge on any atom is 0.200 e. The zero-order valence-corrected chi connectivity index (χ0v) is 10.8. The van der Waals surface area contributed by atoms with Gasteiger partial charge in [0.25, 0.3) is 0 Å². The van der Waals surface area contributed by atoms with Gasteiger partial charge in [0.15, 0.2) is 0 Å². The number of rotatable bonds is 2. The molecule has 0 atom stereocenters. The van der Waals surface area contributed by atoms with Crippen LogP contribution in [0, 0.1) is 0 Å². The average molecular weight is 254 g/mol. The first-order chi connectivity index (χ1) is 9.15. The molecule has 3 rings (SSSR count). The number of hydrogen-bond donors (Lipinski definition) is 0. The summed E-state index contributed by atoms with van der Waals surface area (Å²) in [6, 6.07) is 12.6. The third-order valence-corrected chi connectivity index (χ3v) is 2.92. The second-order valence-electron chi connectivity index (χ2n) is 4.75. The molecule has 3 heteroatoms. The molecule has 0 saturated heterocycles. The van der Waals surface area contributed by atoms with Crippen LogP contribution < -0.4 is 10.2 Å². The summed E-state index contributed by atoms with van der Waals surface area (Å²) in [5, 5.41) is 1.18. The molecular weight excluding hydrogens is 240 g/mol. The third kappa shape index (κ3) is 2.08. The molecule has 19 heavy (non-hydrogen) atoms. The van der Waals surface area contributed by atoms with Crippen LogP contribution in [0.2, 0.25) is 0 Å². The fourth-order valence-electron chi connectivity index (χ4n) is 2.13. The first-order valence-corrected chi connectivity index (χ1v) is 6.27.